The van der Waals surface area contributed by atoms with Gasteiger partial charge in [0.1, 0.15) is 0 Å². The van der Waals surface area contributed by atoms with E-state index in [2.05, 4.69) is 25.9 Å². The third-order valence-corrected chi connectivity index (χ3v) is 3.92. The Hall–Kier alpha value is -1.60. The molecule has 2 aromatic rings. The number of carbonyl (C=O) groups is 1. The van der Waals surface area contributed by atoms with Gasteiger partial charge in [0.25, 0.3) is 5.91 Å². The number of aromatic nitrogens is 4. The Bertz CT molecular complexity index is 605. The molecule has 0 radical (unpaired) electrons. The van der Waals surface area contributed by atoms with Crippen molar-refractivity contribution in [1.82, 2.24) is 25.9 Å². The largest absolute Gasteiger partial charge is 0.342 e. The van der Waals surface area contributed by atoms with Crippen LogP contribution < -0.4 is 5.32 Å². The van der Waals surface area contributed by atoms with Gasteiger partial charge < -0.3 is 5.32 Å². The molecule has 8 heteroatoms. The number of tetrazole rings is 1. The van der Waals surface area contributed by atoms with Crippen LogP contribution in [-0.2, 0) is 0 Å². The molecule has 1 atom stereocenters. The number of carbonyl (C=O) groups excluding carboxylic acids is 1. The van der Waals surface area contributed by atoms with Crippen LogP contribution in [0.2, 0.25) is 5.02 Å². The first-order valence-corrected chi connectivity index (χ1v) is 8.18. The molecule has 2 rings (SSSR count). The maximum Gasteiger partial charge on any atom is 0.253 e. The Morgan fingerprint density at radius 2 is 2.33 bits per heavy atom. The molecule has 0 unspecified atom stereocenters. The Labute approximate surface area is 132 Å². The summed E-state index contributed by atoms with van der Waals surface area (Å²) < 4.78 is 0. The summed E-state index contributed by atoms with van der Waals surface area (Å²) in [5, 5.41) is 17.2. The second-order valence-corrected chi connectivity index (χ2v) is 5.95. The highest BCUT2D eigenvalue weighted by atomic mass is 35.5. The summed E-state index contributed by atoms with van der Waals surface area (Å²) in [5.41, 5.74) is 1.45. The molecular formula is C13H16ClN5OS. The molecule has 0 fully saturated rings. The molecule has 0 saturated heterocycles. The number of rotatable bonds is 6. The van der Waals surface area contributed by atoms with Crippen LogP contribution >= 0.6 is 23.4 Å². The number of aryl methyl sites for hydroxylation is 1. The van der Waals surface area contributed by atoms with Gasteiger partial charge in [0.15, 0.2) is 5.82 Å². The molecule has 6 nitrogen and oxygen atoms in total. The molecule has 0 aliphatic carbocycles. The lowest BCUT2D eigenvalue weighted by atomic mass is 10.1. The molecule has 0 spiro atoms. The van der Waals surface area contributed by atoms with Crippen molar-refractivity contribution in [2.45, 2.75) is 19.4 Å². The maximum atomic E-state index is 12.4. The zero-order valence-corrected chi connectivity index (χ0v) is 13.3. The Balaban J connectivity index is 2.14. The summed E-state index contributed by atoms with van der Waals surface area (Å²) in [6, 6.07) is 5.05. The predicted molar refractivity (Wildman–Crippen MR) is 83.6 cm³/mol. The van der Waals surface area contributed by atoms with Gasteiger partial charge in [0, 0.05) is 0 Å². The number of amides is 1. The zero-order valence-electron chi connectivity index (χ0n) is 11.8. The van der Waals surface area contributed by atoms with E-state index in [4.69, 9.17) is 11.6 Å². The second kappa shape index (κ2) is 7.42. The number of nitrogens with zero attached hydrogens (tertiary/aromatic N) is 3. The summed E-state index contributed by atoms with van der Waals surface area (Å²) in [5.74, 6) is 1.11. The standard InChI is InChI=1S/C13H16ClN5OS/c1-8-3-4-9(10(14)7-8)13(20)15-11(5-6-21-2)12-16-18-19-17-12/h3-4,7,11H,5-6H2,1-2H3,(H,15,20)(H,16,17,18,19)/t11-/m1/s1. The van der Waals surface area contributed by atoms with Crippen LogP contribution in [0.3, 0.4) is 0 Å². The van der Waals surface area contributed by atoms with E-state index in [-0.39, 0.29) is 11.9 Å². The normalized spacial score (nSPS) is 12.1. The molecule has 0 bridgehead atoms. The molecule has 1 aromatic carbocycles. The maximum absolute atomic E-state index is 12.4. The molecule has 1 heterocycles. The van der Waals surface area contributed by atoms with Crippen molar-refractivity contribution >= 4 is 29.3 Å². The number of hydrogen-bond acceptors (Lipinski definition) is 5. The van der Waals surface area contributed by atoms with Gasteiger partial charge in [-0.3, -0.25) is 4.79 Å². The highest BCUT2D eigenvalue weighted by Crippen LogP contribution is 2.20. The van der Waals surface area contributed by atoms with Crippen molar-refractivity contribution in [1.29, 1.82) is 0 Å². The van der Waals surface area contributed by atoms with Crippen LogP contribution in [0.4, 0.5) is 0 Å². The zero-order chi connectivity index (χ0) is 15.2. The van der Waals surface area contributed by atoms with E-state index in [1.165, 1.54) is 0 Å². The Morgan fingerprint density at radius 1 is 1.52 bits per heavy atom. The van der Waals surface area contributed by atoms with E-state index in [0.717, 1.165) is 17.7 Å². The fraction of sp³-hybridized carbons (Fsp3) is 0.385. The topological polar surface area (TPSA) is 83.6 Å². The lowest BCUT2D eigenvalue weighted by molar-refractivity contribution is 0.0934. The fourth-order valence-corrected chi connectivity index (χ4v) is 2.65. The van der Waals surface area contributed by atoms with Crippen LogP contribution in [0.1, 0.15) is 34.2 Å². The van der Waals surface area contributed by atoms with E-state index in [1.54, 1.807) is 23.9 Å². The third-order valence-electron chi connectivity index (χ3n) is 2.96. The summed E-state index contributed by atoms with van der Waals surface area (Å²) in [6.45, 7) is 1.92. The van der Waals surface area contributed by atoms with Crippen LogP contribution in [0.25, 0.3) is 0 Å². The van der Waals surface area contributed by atoms with E-state index in [1.807, 2.05) is 19.2 Å². The lowest BCUT2D eigenvalue weighted by Crippen LogP contribution is -2.30. The number of benzene rings is 1. The van der Waals surface area contributed by atoms with Crippen LogP contribution in [0, 0.1) is 6.92 Å². The number of aromatic amines is 1. The van der Waals surface area contributed by atoms with Gasteiger partial charge in [-0.15, -0.1) is 10.2 Å². The summed E-state index contributed by atoms with van der Waals surface area (Å²) in [6.07, 6.45) is 2.72. The van der Waals surface area contributed by atoms with E-state index in [0.29, 0.717) is 16.4 Å². The summed E-state index contributed by atoms with van der Waals surface area (Å²) >= 11 is 7.81. The van der Waals surface area contributed by atoms with Crippen molar-refractivity contribution in [3.8, 4) is 0 Å². The fourth-order valence-electron chi connectivity index (χ4n) is 1.86. The van der Waals surface area contributed by atoms with E-state index < -0.39 is 0 Å². The molecule has 2 N–H and O–H groups in total. The van der Waals surface area contributed by atoms with Crippen molar-refractivity contribution in [2.75, 3.05) is 12.0 Å². The van der Waals surface area contributed by atoms with Gasteiger partial charge in [-0.05, 0) is 43.0 Å². The minimum Gasteiger partial charge on any atom is -0.342 e. The third kappa shape index (κ3) is 4.18. The van der Waals surface area contributed by atoms with Crippen molar-refractivity contribution in [3.05, 3.63) is 40.2 Å². The number of H-pyrrole nitrogens is 1. The first-order valence-electron chi connectivity index (χ1n) is 6.41. The molecule has 0 aliphatic rings. The minimum absolute atomic E-state index is 0.240. The molecule has 112 valence electrons. The number of thioether (sulfide) groups is 1. The number of hydrogen-bond donors (Lipinski definition) is 2. The highest BCUT2D eigenvalue weighted by Gasteiger charge is 2.20. The quantitative estimate of drug-likeness (QED) is 0.852. The van der Waals surface area contributed by atoms with Gasteiger partial charge in [0.2, 0.25) is 0 Å². The highest BCUT2D eigenvalue weighted by molar-refractivity contribution is 7.98. The average Bonchev–Trinajstić information content (AvgIpc) is 2.97. The first-order chi connectivity index (χ1) is 10.1. The SMILES string of the molecule is CSCC[C@@H](NC(=O)c1ccc(C)cc1Cl)c1nn[nH]n1. The first kappa shape index (κ1) is 15.8. The lowest BCUT2D eigenvalue weighted by Gasteiger charge is -2.15. The monoisotopic (exact) mass is 325 g/mol. The second-order valence-electron chi connectivity index (χ2n) is 4.56. The molecule has 1 aromatic heterocycles. The minimum atomic E-state index is -0.291. The van der Waals surface area contributed by atoms with Gasteiger partial charge in [0.05, 0.1) is 16.6 Å². The predicted octanol–water partition coefficient (Wildman–Crippen LogP) is 2.39. The van der Waals surface area contributed by atoms with Gasteiger partial charge in [-0.1, -0.05) is 22.9 Å². The molecule has 1 amide bonds. The average molecular weight is 326 g/mol. The van der Waals surface area contributed by atoms with E-state index >= 15 is 0 Å². The Morgan fingerprint density at radius 3 is 2.95 bits per heavy atom. The number of nitrogens with one attached hydrogen (secondary N) is 2. The van der Waals surface area contributed by atoms with Crippen molar-refractivity contribution in [2.24, 2.45) is 0 Å². The molecule has 21 heavy (non-hydrogen) atoms. The van der Waals surface area contributed by atoms with Crippen LogP contribution in [-0.4, -0.2) is 38.5 Å². The molecule has 0 saturated carbocycles. The Kier molecular flexibility index (Phi) is 5.58. The smallest absolute Gasteiger partial charge is 0.253 e. The summed E-state index contributed by atoms with van der Waals surface area (Å²) in [7, 11) is 0. The summed E-state index contributed by atoms with van der Waals surface area (Å²) in [4.78, 5) is 12.4. The van der Waals surface area contributed by atoms with Crippen molar-refractivity contribution in [3.63, 3.8) is 0 Å². The van der Waals surface area contributed by atoms with Crippen molar-refractivity contribution < 1.29 is 4.79 Å². The van der Waals surface area contributed by atoms with Gasteiger partial charge >= 0.3 is 0 Å². The van der Waals surface area contributed by atoms with Crippen LogP contribution in [0.15, 0.2) is 18.2 Å². The molecule has 0 aliphatic heterocycles. The van der Waals surface area contributed by atoms with E-state index in [9.17, 15) is 4.79 Å². The van der Waals surface area contributed by atoms with Gasteiger partial charge in [-0.2, -0.15) is 17.0 Å². The van der Waals surface area contributed by atoms with Crippen LogP contribution in [0.5, 0.6) is 0 Å². The van der Waals surface area contributed by atoms with Gasteiger partial charge in [-0.25, -0.2) is 0 Å². The molecular weight excluding hydrogens is 310 g/mol. The number of halogens is 1.